The second-order valence-electron chi connectivity index (χ2n) is 5.46. The maximum Gasteiger partial charge on any atom is 0.122 e. The number of benzene rings is 2. The van der Waals surface area contributed by atoms with Crippen LogP contribution in [0, 0.1) is 10.8 Å². The van der Waals surface area contributed by atoms with Crippen LogP contribution >= 0.6 is 0 Å². The van der Waals surface area contributed by atoms with E-state index in [1.807, 2.05) is 48.5 Å². The van der Waals surface area contributed by atoms with E-state index in [-0.39, 0.29) is 11.7 Å². The van der Waals surface area contributed by atoms with Gasteiger partial charge in [-0.05, 0) is 55.5 Å². The lowest BCUT2D eigenvalue weighted by atomic mass is 10.2. The molecule has 0 aromatic heterocycles. The highest BCUT2D eigenvalue weighted by atomic mass is 15.1. The quantitative estimate of drug-likeness (QED) is 0.378. The average Bonchev–Trinajstić information content (AvgIpc) is 2.59. The number of hydrogen-bond acceptors (Lipinski definition) is 4. The Labute approximate surface area is 142 Å². The minimum absolute atomic E-state index is 0.0766. The molecule has 0 amide bonds. The van der Waals surface area contributed by atoms with Gasteiger partial charge in [-0.3, -0.25) is 10.8 Å². The lowest BCUT2D eigenvalue weighted by molar-refractivity contribution is 0.835. The molecule has 6 nitrogen and oxygen atoms in total. The van der Waals surface area contributed by atoms with Crippen molar-refractivity contribution in [2.24, 2.45) is 11.5 Å². The van der Waals surface area contributed by atoms with Crippen molar-refractivity contribution in [3.63, 3.8) is 0 Å². The van der Waals surface area contributed by atoms with Gasteiger partial charge in [0.1, 0.15) is 11.7 Å². The first kappa shape index (κ1) is 17.3. The Morgan fingerprint density at radius 2 is 1.42 bits per heavy atom. The molecule has 0 saturated heterocycles. The highest BCUT2D eigenvalue weighted by molar-refractivity contribution is 5.95. The van der Waals surface area contributed by atoms with Gasteiger partial charge in [-0.2, -0.15) is 0 Å². The van der Waals surface area contributed by atoms with Crippen LogP contribution in [0.3, 0.4) is 0 Å². The van der Waals surface area contributed by atoms with Crippen molar-refractivity contribution in [1.29, 1.82) is 10.8 Å². The summed E-state index contributed by atoms with van der Waals surface area (Å²) >= 11 is 0. The summed E-state index contributed by atoms with van der Waals surface area (Å²) in [5.74, 6) is 0.160. The third-order valence-electron chi connectivity index (χ3n) is 3.83. The molecular formula is C18H24N6. The van der Waals surface area contributed by atoms with E-state index in [0.29, 0.717) is 0 Å². The summed E-state index contributed by atoms with van der Waals surface area (Å²) < 4.78 is 0. The van der Waals surface area contributed by atoms with Gasteiger partial charge in [0, 0.05) is 42.1 Å². The molecule has 2 aromatic carbocycles. The molecule has 0 unspecified atom stereocenters. The van der Waals surface area contributed by atoms with Gasteiger partial charge in [0.25, 0.3) is 0 Å². The number of anilines is 2. The number of likely N-dealkylation sites (N-methyl/N-ethyl adjacent to an activating group) is 1. The second-order valence-corrected chi connectivity index (χ2v) is 5.46. The summed E-state index contributed by atoms with van der Waals surface area (Å²) in [6.45, 7) is 4.65. The molecule has 0 aliphatic heterocycles. The van der Waals surface area contributed by atoms with Crippen LogP contribution in [0.4, 0.5) is 11.4 Å². The molecule has 7 N–H and O–H groups in total. The van der Waals surface area contributed by atoms with E-state index < -0.39 is 0 Å². The van der Waals surface area contributed by atoms with E-state index in [1.165, 1.54) is 0 Å². The van der Waals surface area contributed by atoms with Crippen LogP contribution in [0.5, 0.6) is 0 Å². The van der Waals surface area contributed by atoms with E-state index in [1.54, 1.807) is 0 Å². The second kappa shape index (κ2) is 8.01. The highest BCUT2D eigenvalue weighted by Crippen LogP contribution is 2.15. The zero-order valence-corrected chi connectivity index (χ0v) is 13.8. The summed E-state index contributed by atoms with van der Waals surface area (Å²) in [7, 11) is 0. The Kier molecular flexibility index (Phi) is 5.78. The summed E-state index contributed by atoms with van der Waals surface area (Å²) in [5, 5.41) is 18.2. The van der Waals surface area contributed by atoms with E-state index >= 15 is 0 Å². The highest BCUT2D eigenvalue weighted by Gasteiger charge is 2.05. The van der Waals surface area contributed by atoms with Crippen molar-refractivity contribution in [3.8, 4) is 0 Å². The predicted molar refractivity (Wildman–Crippen MR) is 101 cm³/mol. The molecule has 0 saturated carbocycles. The monoisotopic (exact) mass is 324 g/mol. The first-order valence-electron chi connectivity index (χ1n) is 7.89. The van der Waals surface area contributed by atoms with E-state index in [2.05, 4.69) is 17.1 Å². The van der Waals surface area contributed by atoms with Crippen molar-refractivity contribution in [2.75, 3.05) is 29.9 Å². The molecule has 0 radical (unpaired) electrons. The van der Waals surface area contributed by atoms with Gasteiger partial charge in [-0.25, -0.2) is 0 Å². The Morgan fingerprint density at radius 3 is 1.88 bits per heavy atom. The maximum absolute atomic E-state index is 7.44. The fourth-order valence-corrected chi connectivity index (χ4v) is 2.42. The molecular weight excluding hydrogens is 300 g/mol. The Morgan fingerprint density at radius 1 is 0.917 bits per heavy atom. The van der Waals surface area contributed by atoms with Crippen molar-refractivity contribution >= 4 is 23.0 Å². The minimum atomic E-state index is 0.0766. The number of nitrogens with zero attached hydrogens (tertiary/aromatic N) is 1. The summed E-state index contributed by atoms with van der Waals surface area (Å²) in [6.07, 6.45) is 0. The van der Waals surface area contributed by atoms with Crippen LogP contribution in [0.15, 0.2) is 48.5 Å². The number of nitrogen functional groups attached to an aromatic ring is 2. The maximum atomic E-state index is 7.44. The topological polar surface area (TPSA) is 115 Å². The van der Waals surface area contributed by atoms with E-state index in [0.717, 1.165) is 42.1 Å². The van der Waals surface area contributed by atoms with Gasteiger partial charge in [-0.15, -0.1) is 0 Å². The van der Waals surface area contributed by atoms with Crippen molar-refractivity contribution in [3.05, 3.63) is 59.7 Å². The van der Waals surface area contributed by atoms with Gasteiger partial charge >= 0.3 is 0 Å². The Hall–Kier alpha value is -3.02. The van der Waals surface area contributed by atoms with Crippen LogP contribution in [-0.4, -0.2) is 31.3 Å². The lowest BCUT2D eigenvalue weighted by Crippen LogP contribution is -2.28. The molecule has 0 bridgehead atoms. The van der Waals surface area contributed by atoms with Crippen LogP contribution in [0.1, 0.15) is 18.1 Å². The number of rotatable bonds is 8. The molecule has 2 rings (SSSR count). The summed E-state index contributed by atoms with van der Waals surface area (Å²) in [6, 6.07) is 15.2. The molecule has 0 fully saturated rings. The molecule has 0 atom stereocenters. The van der Waals surface area contributed by atoms with E-state index in [9.17, 15) is 0 Å². The average molecular weight is 324 g/mol. The molecule has 0 spiro atoms. The normalized spacial score (nSPS) is 10.2. The first-order chi connectivity index (χ1) is 11.5. The molecule has 6 heteroatoms. The van der Waals surface area contributed by atoms with Crippen LogP contribution < -0.4 is 21.7 Å². The number of amidine groups is 2. The SMILES string of the molecule is CCN(CCNc1ccc(C(=N)N)cc1)c1ccc(C(=N)N)cc1. The van der Waals surface area contributed by atoms with Gasteiger partial charge in [0.05, 0.1) is 0 Å². The smallest absolute Gasteiger partial charge is 0.122 e. The fourth-order valence-electron chi connectivity index (χ4n) is 2.42. The zero-order chi connectivity index (χ0) is 17.5. The first-order valence-corrected chi connectivity index (χ1v) is 7.89. The van der Waals surface area contributed by atoms with Crippen LogP contribution in [0.2, 0.25) is 0 Å². The van der Waals surface area contributed by atoms with Gasteiger partial charge in [-0.1, -0.05) is 0 Å². The zero-order valence-electron chi connectivity index (χ0n) is 13.8. The molecule has 0 aliphatic carbocycles. The van der Waals surface area contributed by atoms with Crippen molar-refractivity contribution < 1.29 is 0 Å². The van der Waals surface area contributed by atoms with Gasteiger partial charge < -0.3 is 21.7 Å². The molecule has 0 heterocycles. The summed E-state index contributed by atoms with van der Waals surface area (Å²) in [5.41, 5.74) is 14.5. The Balaban J connectivity index is 1.91. The molecule has 24 heavy (non-hydrogen) atoms. The van der Waals surface area contributed by atoms with E-state index in [4.69, 9.17) is 22.3 Å². The molecule has 0 aliphatic rings. The Bertz CT molecular complexity index is 690. The number of nitrogens with two attached hydrogens (primary N) is 2. The van der Waals surface area contributed by atoms with Crippen molar-refractivity contribution in [1.82, 2.24) is 0 Å². The minimum Gasteiger partial charge on any atom is -0.384 e. The fraction of sp³-hybridized carbons (Fsp3) is 0.222. The van der Waals surface area contributed by atoms with Crippen molar-refractivity contribution in [2.45, 2.75) is 6.92 Å². The number of hydrogen-bond donors (Lipinski definition) is 5. The van der Waals surface area contributed by atoms with Crippen LogP contribution in [-0.2, 0) is 0 Å². The summed E-state index contributed by atoms with van der Waals surface area (Å²) in [4.78, 5) is 2.25. The third-order valence-corrected chi connectivity index (χ3v) is 3.83. The third kappa shape index (κ3) is 4.49. The van der Waals surface area contributed by atoms with Crippen LogP contribution in [0.25, 0.3) is 0 Å². The standard InChI is InChI=1S/C18H24N6/c1-2-24(16-9-5-14(6-10-16)18(21)22)12-11-23-15-7-3-13(4-8-15)17(19)20/h3-10,23H,2,11-12H2,1H3,(H3,19,20)(H3,21,22). The lowest BCUT2D eigenvalue weighted by Gasteiger charge is -2.23. The number of nitrogens with one attached hydrogen (secondary N) is 3. The molecule has 126 valence electrons. The molecule has 2 aromatic rings. The van der Waals surface area contributed by atoms with Gasteiger partial charge in [0.15, 0.2) is 0 Å². The predicted octanol–water partition coefficient (Wildman–Crippen LogP) is 2.19. The van der Waals surface area contributed by atoms with Gasteiger partial charge in [0.2, 0.25) is 0 Å². The largest absolute Gasteiger partial charge is 0.384 e.